The second kappa shape index (κ2) is 17.8. The molecule has 1 aliphatic heterocycles. The largest absolute Gasteiger partial charge is 0.494 e. The molecule has 0 spiro atoms. The van der Waals surface area contributed by atoms with E-state index < -0.39 is 0 Å². The number of nitrogens with zero attached hydrogens (tertiary/aromatic N) is 3. The zero-order valence-electron chi connectivity index (χ0n) is 26.9. The van der Waals surface area contributed by atoms with Gasteiger partial charge in [0.25, 0.3) is 0 Å². The molecule has 7 heteroatoms. The third-order valence-electron chi connectivity index (χ3n) is 8.06. The van der Waals surface area contributed by atoms with Crippen LogP contribution in [0.2, 0.25) is 5.02 Å². The summed E-state index contributed by atoms with van der Waals surface area (Å²) in [6, 6.07) is 24.6. The molecule has 6 nitrogen and oxygen atoms in total. The maximum Gasteiger partial charge on any atom is 0.119 e. The molecule has 0 aliphatic carbocycles. The molecule has 0 bridgehead atoms. The van der Waals surface area contributed by atoms with Crippen molar-refractivity contribution in [3.63, 3.8) is 0 Å². The predicted octanol–water partition coefficient (Wildman–Crippen LogP) is 8.42. The Morgan fingerprint density at radius 2 is 1.45 bits per heavy atom. The normalized spacial score (nSPS) is 13.4. The molecule has 0 radical (unpaired) electrons. The number of piperidine rings is 1. The predicted molar refractivity (Wildman–Crippen MR) is 184 cm³/mol. The van der Waals surface area contributed by atoms with E-state index in [1.165, 1.54) is 5.56 Å². The van der Waals surface area contributed by atoms with Gasteiger partial charge < -0.3 is 24.3 Å². The second-order valence-electron chi connectivity index (χ2n) is 10.9. The molecule has 5 rings (SSSR count). The number of nitrogens with one attached hydrogen (secondary N) is 1. The minimum absolute atomic E-state index is 0.423. The first kappa shape index (κ1) is 33.6. The molecule has 1 aromatic heterocycles. The van der Waals surface area contributed by atoms with Gasteiger partial charge in [0.2, 0.25) is 0 Å². The van der Waals surface area contributed by atoms with Crippen molar-refractivity contribution in [2.24, 2.45) is 0 Å². The van der Waals surface area contributed by atoms with E-state index in [9.17, 15) is 0 Å². The quantitative estimate of drug-likeness (QED) is 0.144. The van der Waals surface area contributed by atoms with Crippen molar-refractivity contribution >= 4 is 11.6 Å². The van der Waals surface area contributed by atoms with E-state index in [1.807, 2.05) is 50.2 Å². The molecule has 236 valence electrons. The third-order valence-corrected chi connectivity index (χ3v) is 8.31. The number of benzene rings is 3. The van der Waals surface area contributed by atoms with Crippen molar-refractivity contribution in [2.45, 2.75) is 59.3 Å². The van der Waals surface area contributed by atoms with Crippen LogP contribution >= 0.6 is 11.6 Å². The second-order valence-corrected chi connectivity index (χ2v) is 11.3. The van der Waals surface area contributed by atoms with E-state index in [0.29, 0.717) is 12.5 Å². The summed E-state index contributed by atoms with van der Waals surface area (Å²) >= 11 is 5.99. The van der Waals surface area contributed by atoms with Crippen LogP contribution in [0.5, 0.6) is 11.5 Å². The van der Waals surface area contributed by atoms with E-state index >= 15 is 0 Å². The van der Waals surface area contributed by atoms with Gasteiger partial charge in [-0.2, -0.15) is 0 Å². The van der Waals surface area contributed by atoms with Gasteiger partial charge in [-0.25, -0.2) is 4.98 Å². The van der Waals surface area contributed by atoms with Crippen molar-refractivity contribution in [1.82, 2.24) is 19.8 Å². The van der Waals surface area contributed by atoms with Crippen molar-refractivity contribution in [1.29, 1.82) is 0 Å². The van der Waals surface area contributed by atoms with Gasteiger partial charge in [0.05, 0.1) is 18.9 Å². The smallest absolute Gasteiger partial charge is 0.119 e. The van der Waals surface area contributed by atoms with Crippen molar-refractivity contribution in [3.05, 3.63) is 95.4 Å². The molecule has 1 N–H and O–H groups in total. The molecule has 0 saturated carbocycles. The molecule has 1 aliphatic rings. The summed E-state index contributed by atoms with van der Waals surface area (Å²) in [6.45, 7) is 15.0. The van der Waals surface area contributed by atoms with E-state index in [-0.39, 0.29) is 0 Å². The van der Waals surface area contributed by atoms with Gasteiger partial charge in [-0.1, -0.05) is 51.4 Å². The van der Waals surface area contributed by atoms with Gasteiger partial charge >= 0.3 is 0 Å². The number of hydrogen-bond acceptors (Lipinski definition) is 5. The van der Waals surface area contributed by atoms with Gasteiger partial charge in [-0.15, -0.1) is 0 Å². The number of hydrogen-bond donors (Lipinski definition) is 1. The minimum Gasteiger partial charge on any atom is -0.494 e. The summed E-state index contributed by atoms with van der Waals surface area (Å²) in [6.07, 6.45) is 6.21. The highest BCUT2D eigenvalue weighted by Crippen LogP contribution is 2.31. The van der Waals surface area contributed by atoms with Crippen LogP contribution < -0.4 is 14.8 Å². The van der Waals surface area contributed by atoms with Crippen LogP contribution in [0, 0.1) is 0 Å². The van der Waals surface area contributed by atoms with Gasteiger partial charge in [0, 0.05) is 41.4 Å². The molecule has 1 saturated heterocycles. The lowest BCUT2D eigenvalue weighted by Gasteiger charge is -2.23. The Kier molecular flexibility index (Phi) is 13.6. The first-order chi connectivity index (χ1) is 21.6. The monoisotopic (exact) mass is 616 g/mol. The highest BCUT2D eigenvalue weighted by atomic mass is 35.5. The topological polar surface area (TPSA) is 51.5 Å². The Labute approximate surface area is 269 Å². The SMILES string of the molecule is CC.CCN(CC)CCCOc1ccc(-n2cc(-c3ccc(OCCc4ccc(Cl)cc4)cc3)nc2C2CCNCC2)cc1. The fourth-order valence-corrected chi connectivity index (χ4v) is 5.62. The van der Waals surface area contributed by atoms with Crippen LogP contribution in [0.4, 0.5) is 0 Å². The molecule has 0 unspecified atom stereocenters. The van der Waals surface area contributed by atoms with Gasteiger partial charge in [0.1, 0.15) is 17.3 Å². The number of aromatic nitrogens is 2. The lowest BCUT2D eigenvalue weighted by atomic mass is 9.97. The van der Waals surface area contributed by atoms with E-state index in [0.717, 1.165) is 104 Å². The summed E-state index contributed by atoms with van der Waals surface area (Å²) < 4.78 is 14.3. The van der Waals surface area contributed by atoms with Crippen molar-refractivity contribution in [3.8, 4) is 28.4 Å². The highest BCUT2D eigenvalue weighted by molar-refractivity contribution is 6.30. The molecule has 0 atom stereocenters. The number of imidazole rings is 1. The molecule has 1 fully saturated rings. The van der Waals surface area contributed by atoms with Crippen LogP contribution in [-0.2, 0) is 6.42 Å². The number of ether oxygens (including phenoxy) is 2. The third kappa shape index (κ3) is 9.59. The maximum absolute atomic E-state index is 6.05. The first-order valence-corrected chi connectivity index (χ1v) is 16.7. The number of halogens is 1. The van der Waals surface area contributed by atoms with Gasteiger partial charge in [-0.3, -0.25) is 0 Å². The Morgan fingerprint density at radius 1 is 0.841 bits per heavy atom. The standard InChI is InChI=1S/C35H43ClN4O2.C2H6/c1-3-39(4-2)23-5-24-41-33-16-12-31(13-17-33)40-26-34(38-35(40)29-18-21-37-22-19-29)28-8-14-32(15-9-28)42-25-20-27-6-10-30(36)11-7-27;1-2/h6-17,26,29,37H,3-5,18-25H2,1-2H3;1-2H3. The summed E-state index contributed by atoms with van der Waals surface area (Å²) in [5.74, 6) is 3.32. The Bertz CT molecular complexity index is 1360. The van der Waals surface area contributed by atoms with Gasteiger partial charge in [-0.05, 0) is 112 Å². The van der Waals surface area contributed by atoms with Crippen molar-refractivity contribution < 1.29 is 9.47 Å². The van der Waals surface area contributed by atoms with E-state index in [2.05, 4.69) is 71.2 Å². The van der Waals surface area contributed by atoms with Crippen LogP contribution in [0.1, 0.15) is 64.3 Å². The van der Waals surface area contributed by atoms with Crippen LogP contribution in [0.25, 0.3) is 16.9 Å². The van der Waals surface area contributed by atoms with E-state index in [4.69, 9.17) is 26.1 Å². The lowest BCUT2D eigenvalue weighted by Crippen LogP contribution is -2.28. The zero-order chi connectivity index (χ0) is 31.1. The molecule has 4 aromatic rings. The maximum atomic E-state index is 6.05. The summed E-state index contributed by atoms with van der Waals surface area (Å²) in [5, 5.41) is 4.24. The summed E-state index contributed by atoms with van der Waals surface area (Å²) in [5.41, 5.74) is 4.39. The van der Waals surface area contributed by atoms with Crippen LogP contribution in [-0.4, -0.2) is 60.4 Å². The summed E-state index contributed by atoms with van der Waals surface area (Å²) in [7, 11) is 0. The molecule has 2 heterocycles. The average molecular weight is 617 g/mol. The average Bonchev–Trinajstić information content (AvgIpc) is 3.53. The first-order valence-electron chi connectivity index (χ1n) is 16.4. The fraction of sp³-hybridized carbons (Fsp3) is 0.432. The Hall–Kier alpha value is -3.32. The molecule has 0 amide bonds. The van der Waals surface area contributed by atoms with Gasteiger partial charge in [0.15, 0.2) is 0 Å². The van der Waals surface area contributed by atoms with Crippen LogP contribution in [0.15, 0.2) is 79.0 Å². The Balaban J connectivity index is 0.00000216. The molecule has 44 heavy (non-hydrogen) atoms. The molecular formula is C37H49ClN4O2. The van der Waals surface area contributed by atoms with Crippen LogP contribution in [0.3, 0.4) is 0 Å². The highest BCUT2D eigenvalue weighted by Gasteiger charge is 2.22. The lowest BCUT2D eigenvalue weighted by molar-refractivity contribution is 0.249. The molecule has 3 aromatic carbocycles. The summed E-state index contributed by atoms with van der Waals surface area (Å²) in [4.78, 5) is 7.61. The minimum atomic E-state index is 0.423. The van der Waals surface area contributed by atoms with E-state index in [1.54, 1.807) is 0 Å². The van der Waals surface area contributed by atoms with Crippen molar-refractivity contribution in [2.75, 3.05) is 45.9 Å². The molecular weight excluding hydrogens is 568 g/mol. The zero-order valence-corrected chi connectivity index (χ0v) is 27.7. The number of rotatable bonds is 14. The Morgan fingerprint density at radius 3 is 2.09 bits per heavy atom. The fourth-order valence-electron chi connectivity index (χ4n) is 5.49.